The molecule has 0 radical (unpaired) electrons. The van der Waals surface area contributed by atoms with E-state index >= 15 is 0 Å². The van der Waals surface area contributed by atoms with Crippen molar-refractivity contribution in [1.29, 1.82) is 0 Å². The highest BCUT2D eigenvalue weighted by Gasteiger charge is 2.32. The Hall–Kier alpha value is -2.22. The van der Waals surface area contributed by atoms with Crippen molar-refractivity contribution in [3.05, 3.63) is 0 Å². The maximum atomic E-state index is 12.0. The van der Waals surface area contributed by atoms with Crippen molar-refractivity contribution in [3.63, 3.8) is 0 Å². The molecule has 0 unspecified atom stereocenters. The lowest BCUT2D eigenvalue weighted by Crippen LogP contribution is -2.23. The molecule has 1 heterocycles. The van der Waals surface area contributed by atoms with Gasteiger partial charge in [-0.2, -0.15) is 39.5 Å². The van der Waals surface area contributed by atoms with Crippen LogP contribution < -0.4 is 14.2 Å². The SMILES string of the molecule is FC(F)(F)COc1nc(OCC(F)(F)F)nc(OCC(F)(F)F)n1. The van der Waals surface area contributed by atoms with Crippen LogP contribution in [0.5, 0.6) is 18.0 Å². The van der Waals surface area contributed by atoms with Gasteiger partial charge in [-0.05, 0) is 0 Å². The first-order valence-electron chi connectivity index (χ1n) is 5.58. The van der Waals surface area contributed by atoms with Crippen LogP contribution in [-0.4, -0.2) is 53.3 Å². The summed E-state index contributed by atoms with van der Waals surface area (Å²) < 4.78 is 120. The van der Waals surface area contributed by atoms with Crippen molar-refractivity contribution in [2.45, 2.75) is 18.5 Å². The van der Waals surface area contributed by atoms with Crippen molar-refractivity contribution in [2.75, 3.05) is 19.8 Å². The van der Waals surface area contributed by atoms with Crippen LogP contribution in [0.1, 0.15) is 0 Å². The maximum Gasteiger partial charge on any atom is 0.422 e. The third-order valence-corrected chi connectivity index (χ3v) is 1.67. The molecule has 0 amide bonds. The number of ether oxygens (including phenoxy) is 3. The molecule has 0 aliphatic heterocycles. The first-order chi connectivity index (χ1) is 10.7. The first kappa shape index (κ1) is 19.8. The summed E-state index contributed by atoms with van der Waals surface area (Å²) in [6, 6.07) is -3.68. The molecule has 0 spiro atoms. The second-order valence-corrected chi connectivity index (χ2v) is 3.89. The molecule has 1 aromatic heterocycles. The fraction of sp³-hybridized carbons (Fsp3) is 0.667. The summed E-state index contributed by atoms with van der Waals surface area (Å²) in [7, 11) is 0. The Morgan fingerprint density at radius 1 is 0.500 bits per heavy atom. The van der Waals surface area contributed by atoms with E-state index < -0.39 is 56.4 Å². The van der Waals surface area contributed by atoms with Crippen LogP contribution in [0.4, 0.5) is 39.5 Å². The monoisotopic (exact) mass is 375 g/mol. The third-order valence-electron chi connectivity index (χ3n) is 1.67. The van der Waals surface area contributed by atoms with Gasteiger partial charge in [-0.1, -0.05) is 0 Å². The largest absolute Gasteiger partial charge is 0.454 e. The second-order valence-electron chi connectivity index (χ2n) is 3.89. The van der Waals surface area contributed by atoms with Crippen LogP contribution >= 0.6 is 0 Å². The van der Waals surface area contributed by atoms with Gasteiger partial charge in [0, 0.05) is 0 Å². The minimum Gasteiger partial charge on any atom is -0.454 e. The topological polar surface area (TPSA) is 66.4 Å². The molecule has 0 N–H and O–H groups in total. The third kappa shape index (κ3) is 9.04. The second kappa shape index (κ2) is 7.12. The molecule has 1 aromatic rings. The van der Waals surface area contributed by atoms with E-state index in [1.165, 1.54) is 0 Å². The normalized spacial score (nSPS) is 12.9. The summed E-state index contributed by atoms with van der Waals surface area (Å²) >= 11 is 0. The molecule has 0 fully saturated rings. The van der Waals surface area contributed by atoms with Gasteiger partial charge in [-0.3, -0.25) is 0 Å². The molecular formula is C9H6F9N3O3. The molecule has 0 aliphatic rings. The lowest BCUT2D eigenvalue weighted by Gasteiger charge is -2.12. The molecular weight excluding hydrogens is 369 g/mol. The quantitative estimate of drug-likeness (QED) is 0.713. The van der Waals surface area contributed by atoms with E-state index in [9.17, 15) is 39.5 Å². The predicted molar refractivity (Wildman–Crippen MR) is 54.5 cm³/mol. The number of nitrogens with zero attached hydrogens (tertiary/aromatic N) is 3. The smallest absolute Gasteiger partial charge is 0.422 e. The number of halogens is 9. The Morgan fingerprint density at radius 3 is 0.875 bits per heavy atom. The Bertz CT molecular complexity index is 455. The van der Waals surface area contributed by atoms with Gasteiger partial charge in [0.05, 0.1) is 0 Å². The molecule has 6 nitrogen and oxygen atoms in total. The highest BCUT2D eigenvalue weighted by atomic mass is 19.4. The number of hydrogen-bond acceptors (Lipinski definition) is 6. The van der Waals surface area contributed by atoms with Gasteiger partial charge in [0.1, 0.15) is 0 Å². The van der Waals surface area contributed by atoms with Crippen molar-refractivity contribution in [3.8, 4) is 18.0 Å². The van der Waals surface area contributed by atoms with E-state index in [2.05, 4.69) is 29.2 Å². The van der Waals surface area contributed by atoms with Gasteiger partial charge < -0.3 is 14.2 Å². The maximum absolute atomic E-state index is 12.0. The van der Waals surface area contributed by atoms with Gasteiger partial charge in [0.2, 0.25) is 0 Å². The summed E-state index contributed by atoms with van der Waals surface area (Å²) in [5, 5.41) is 0. The average molecular weight is 375 g/mol. The molecule has 0 aliphatic carbocycles. The summed E-state index contributed by atoms with van der Waals surface area (Å²) in [5.74, 6) is 0. The zero-order chi connectivity index (χ0) is 18.6. The van der Waals surface area contributed by atoms with Crippen molar-refractivity contribution in [2.24, 2.45) is 0 Å². The highest BCUT2D eigenvalue weighted by molar-refractivity contribution is 5.09. The van der Waals surface area contributed by atoms with Gasteiger partial charge in [0.25, 0.3) is 0 Å². The standard InChI is InChI=1S/C9H6F9N3O3/c10-7(11,12)1-22-4-19-5(23-2-8(13,14)15)21-6(20-4)24-3-9(16,17)18/h1-3H2. The van der Waals surface area contributed by atoms with Crippen LogP contribution in [-0.2, 0) is 0 Å². The summed E-state index contributed by atoms with van der Waals surface area (Å²) in [4.78, 5) is 8.87. The molecule has 0 aromatic carbocycles. The fourth-order valence-electron chi connectivity index (χ4n) is 0.953. The summed E-state index contributed by atoms with van der Waals surface area (Å²) in [6.07, 6.45) is -14.6. The van der Waals surface area contributed by atoms with Crippen molar-refractivity contribution >= 4 is 0 Å². The van der Waals surface area contributed by atoms with E-state index in [4.69, 9.17) is 0 Å². The van der Waals surface area contributed by atoms with Crippen molar-refractivity contribution in [1.82, 2.24) is 15.0 Å². The molecule has 24 heavy (non-hydrogen) atoms. The Kier molecular flexibility index (Phi) is 5.89. The van der Waals surface area contributed by atoms with E-state index in [0.717, 1.165) is 0 Å². The lowest BCUT2D eigenvalue weighted by molar-refractivity contribution is -0.157. The molecule has 0 bridgehead atoms. The number of alkyl halides is 9. The molecule has 0 saturated carbocycles. The van der Waals surface area contributed by atoms with E-state index in [-0.39, 0.29) is 0 Å². The van der Waals surface area contributed by atoms with Crippen LogP contribution in [0, 0.1) is 0 Å². The number of aromatic nitrogens is 3. The molecule has 0 atom stereocenters. The molecule has 15 heteroatoms. The zero-order valence-electron chi connectivity index (χ0n) is 11.1. The fourth-order valence-corrected chi connectivity index (χ4v) is 0.953. The lowest BCUT2D eigenvalue weighted by atomic mass is 10.7. The minimum absolute atomic E-state index is 1.23. The van der Waals surface area contributed by atoms with Crippen LogP contribution in [0.15, 0.2) is 0 Å². The Labute approximate surface area is 126 Å². The van der Waals surface area contributed by atoms with Gasteiger partial charge in [-0.25, -0.2) is 0 Å². The Morgan fingerprint density at radius 2 is 0.708 bits per heavy atom. The van der Waals surface area contributed by atoms with Gasteiger partial charge in [0.15, 0.2) is 19.8 Å². The van der Waals surface area contributed by atoms with E-state index in [0.29, 0.717) is 0 Å². The first-order valence-corrected chi connectivity index (χ1v) is 5.58. The van der Waals surface area contributed by atoms with Gasteiger partial charge >= 0.3 is 36.6 Å². The average Bonchev–Trinajstić information content (AvgIpc) is 2.38. The summed E-state index contributed by atoms with van der Waals surface area (Å²) in [6.45, 7) is -5.85. The van der Waals surface area contributed by atoms with E-state index in [1.54, 1.807) is 0 Å². The highest BCUT2D eigenvalue weighted by Crippen LogP contribution is 2.22. The van der Waals surface area contributed by atoms with Crippen molar-refractivity contribution < 1.29 is 53.7 Å². The number of rotatable bonds is 6. The van der Waals surface area contributed by atoms with Gasteiger partial charge in [-0.15, -0.1) is 15.0 Å². The van der Waals surface area contributed by atoms with E-state index in [1.807, 2.05) is 0 Å². The molecule has 1 rings (SSSR count). The predicted octanol–water partition coefficient (Wildman–Crippen LogP) is 2.69. The molecule has 0 saturated heterocycles. The van der Waals surface area contributed by atoms with Crippen LogP contribution in [0.3, 0.4) is 0 Å². The van der Waals surface area contributed by atoms with Crippen LogP contribution in [0.2, 0.25) is 0 Å². The summed E-state index contributed by atoms with van der Waals surface area (Å²) in [5.41, 5.74) is 0. The Balaban J connectivity index is 2.91. The zero-order valence-corrected chi connectivity index (χ0v) is 11.1. The van der Waals surface area contributed by atoms with Crippen LogP contribution in [0.25, 0.3) is 0 Å². The minimum atomic E-state index is -4.85. The molecule has 138 valence electrons. The number of hydrogen-bond donors (Lipinski definition) is 0.